The van der Waals surface area contributed by atoms with Gasteiger partial charge in [-0.05, 0) is 38.0 Å². The summed E-state index contributed by atoms with van der Waals surface area (Å²) in [6.07, 6.45) is 0.791. The third-order valence-corrected chi connectivity index (χ3v) is 3.25. The minimum absolute atomic E-state index is 0.216. The summed E-state index contributed by atoms with van der Waals surface area (Å²) in [7, 11) is 2.95. The first-order valence-electron chi connectivity index (χ1n) is 7.77. The maximum absolute atomic E-state index is 11.2. The Balaban J connectivity index is 2.54. The van der Waals surface area contributed by atoms with Crippen LogP contribution in [0, 0.1) is 0 Å². The topological polar surface area (TPSA) is 77.0 Å². The fraction of sp³-hybridized carbons (Fsp3) is 0.588. The number of methoxy groups -OCH3 is 2. The van der Waals surface area contributed by atoms with Crippen molar-refractivity contribution in [1.82, 2.24) is 5.32 Å². The molecule has 2 N–H and O–H groups in total. The average molecular weight is 325 g/mol. The molecule has 0 aromatic heterocycles. The van der Waals surface area contributed by atoms with Gasteiger partial charge in [0, 0.05) is 18.9 Å². The molecule has 1 rings (SSSR count). The average Bonchev–Trinajstić information content (AvgIpc) is 2.52. The number of aryl methyl sites for hydroxylation is 1. The molecule has 0 saturated carbocycles. The highest BCUT2D eigenvalue weighted by Gasteiger charge is 2.10. The predicted molar refractivity (Wildman–Crippen MR) is 87.7 cm³/mol. The summed E-state index contributed by atoms with van der Waals surface area (Å²) < 4.78 is 15.6. The fourth-order valence-electron chi connectivity index (χ4n) is 2.08. The summed E-state index contributed by atoms with van der Waals surface area (Å²) >= 11 is 0. The van der Waals surface area contributed by atoms with E-state index in [1.807, 2.05) is 32.0 Å². The van der Waals surface area contributed by atoms with Crippen molar-refractivity contribution in [3.63, 3.8) is 0 Å². The largest absolute Gasteiger partial charge is 0.493 e. The van der Waals surface area contributed by atoms with E-state index in [1.165, 1.54) is 7.11 Å². The van der Waals surface area contributed by atoms with E-state index in [2.05, 4.69) is 10.1 Å². The Morgan fingerprint density at radius 2 is 2.00 bits per heavy atom. The lowest BCUT2D eigenvalue weighted by molar-refractivity contribution is -0.140. The van der Waals surface area contributed by atoms with Crippen LogP contribution in [0.25, 0.3) is 0 Å². The molecule has 0 saturated heterocycles. The number of carbonyl (C=O) groups excluding carboxylic acids is 1. The second-order valence-corrected chi connectivity index (χ2v) is 5.54. The lowest BCUT2D eigenvalue weighted by Crippen LogP contribution is -2.35. The van der Waals surface area contributed by atoms with Crippen LogP contribution in [0.5, 0.6) is 11.5 Å². The van der Waals surface area contributed by atoms with Crippen LogP contribution < -0.4 is 14.8 Å². The molecule has 0 amide bonds. The summed E-state index contributed by atoms with van der Waals surface area (Å²) in [6, 6.07) is 5.77. The molecular formula is C17H27NO5. The molecule has 0 spiro atoms. The Bertz CT molecular complexity index is 490. The second-order valence-electron chi connectivity index (χ2n) is 5.54. The van der Waals surface area contributed by atoms with E-state index in [0.717, 1.165) is 5.56 Å². The molecule has 0 fully saturated rings. The van der Waals surface area contributed by atoms with Gasteiger partial charge in [-0.25, -0.2) is 0 Å². The van der Waals surface area contributed by atoms with Gasteiger partial charge in [0.2, 0.25) is 0 Å². The molecule has 1 aromatic carbocycles. The minimum atomic E-state index is -0.597. The first-order valence-corrected chi connectivity index (χ1v) is 7.77. The first kappa shape index (κ1) is 19.3. The van der Waals surface area contributed by atoms with Crippen molar-refractivity contribution < 1.29 is 24.1 Å². The molecule has 0 radical (unpaired) electrons. The van der Waals surface area contributed by atoms with Crippen molar-refractivity contribution in [3.8, 4) is 11.5 Å². The Morgan fingerprint density at radius 3 is 2.61 bits per heavy atom. The highest BCUT2D eigenvalue weighted by molar-refractivity contribution is 5.69. The lowest BCUT2D eigenvalue weighted by atomic mass is 10.1. The smallest absolute Gasteiger partial charge is 0.305 e. The van der Waals surface area contributed by atoms with Gasteiger partial charge in [-0.3, -0.25) is 10.1 Å². The molecule has 1 aromatic rings. The monoisotopic (exact) mass is 325 g/mol. The van der Waals surface area contributed by atoms with Crippen LogP contribution in [-0.2, 0) is 16.0 Å². The number of aliphatic hydroxyl groups excluding tert-OH is 1. The maximum atomic E-state index is 11.2. The molecule has 6 nitrogen and oxygen atoms in total. The van der Waals surface area contributed by atoms with E-state index < -0.39 is 6.23 Å². The van der Waals surface area contributed by atoms with E-state index >= 15 is 0 Å². The molecule has 1 unspecified atom stereocenters. The van der Waals surface area contributed by atoms with E-state index in [-0.39, 0.29) is 12.0 Å². The van der Waals surface area contributed by atoms with Crippen molar-refractivity contribution >= 4 is 5.97 Å². The SMILES string of the molecule is COC(=O)CCc1ccc(OCCC(O)NC(C)C)c(OC)c1. The number of benzene rings is 1. The van der Waals surface area contributed by atoms with Gasteiger partial charge in [-0.15, -0.1) is 0 Å². The Labute approximate surface area is 137 Å². The van der Waals surface area contributed by atoms with Crippen LogP contribution >= 0.6 is 0 Å². The molecule has 0 aliphatic rings. The highest BCUT2D eigenvalue weighted by atomic mass is 16.5. The highest BCUT2D eigenvalue weighted by Crippen LogP contribution is 2.28. The number of ether oxygens (including phenoxy) is 3. The Hall–Kier alpha value is -1.79. The number of aliphatic hydroxyl groups is 1. The number of nitrogens with one attached hydrogen (secondary N) is 1. The number of carbonyl (C=O) groups is 1. The zero-order valence-corrected chi connectivity index (χ0v) is 14.3. The molecule has 6 heteroatoms. The maximum Gasteiger partial charge on any atom is 0.305 e. The normalized spacial score (nSPS) is 12.1. The molecule has 0 heterocycles. The van der Waals surface area contributed by atoms with Gasteiger partial charge in [0.15, 0.2) is 11.5 Å². The van der Waals surface area contributed by atoms with E-state index in [9.17, 15) is 9.90 Å². The first-order chi connectivity index (χ1) is 11.0. The molecule has 0 aliphatic carbocycles. The van der Waals surface area contributed by atoms with Crippen molar-refractivity contribution in [1.29, 1.82) is 0 Å². The van der Waals surface area contributed by atoms with Crippen LogP contribution in [0.3, 0.4) is 0 Å². The minimum Gasteiger partial charge on any atom is -0.493 e. The van der Waals surface area contributed by atoms with E-state index in [0.29, 0.717) is 37.4 Å². The van der Waals surface area contributed by atoms with Gasteiger partial charge >= 0.3 is 5.97 Å². The summed E-state index contributed by atoms with van der Waals surface area (Å²) in [5, 5.41) is 12.7. The van der Waals surface area contributed by atoms with Crippen LogP contribution in [0.4, 0.5) is 0 Å². The van der Waals surface area contributed by atoms with Crippen molar-refractivity contribution in [3.05, 3.63) is 23.8 Å². The van der Waals surface area contributed by atoms with Gasteiger partial charge < -0.3 is 19.3 Å². The second kappa shape index (κ2) is 10.1. The van der Waals surface area contributed by atoms with Crippen LogP contribution in [0.2, 0.25) is 0 Å². The predicted octanol–water partition coefficient (Wildman–Crippen LogP) is 1.89. The van der Waals surface area contributed by atoms with Gasteiger partial charge in [0.1, 0.15) is 6.23 Å². The molecular weight excluding hydrogens is 298 g/mol. The number of rotatable bonds is 10. The molecule has 0 aliphatic heterocycles. The van der Waals surface area contributed by atoms with Crippen molar-refractivity contribution in [2.75, 3.05) is 20.8 Å². The zero-order valence-electron chi connectivity index (χ0n) is 14.3. The number of hydrogen-bond acceptors (Lipinski definition) is 6. The van der Waals surface area contributed by atoms with Gasteiger partial charge in [-0.2, -0.15) is 0 Å². The van der Waals surface area contributed by atoms with E-state index in [1.54, 1.807) is 7.11 Å². The van der Waals surface area contributed by atoms with E-state index in [4.69, 9.17) is 9.47 Å². The standard InChI is InChI=1S/C17H27NO5/c1-12(2)18-16(19)9-10-23-14-7-5-13(11-15(14)21-3)6-8-17(20)22-4/h5,7,11-12,16,18-19H,6,8-10H2,1-4H3. The fourth-order valence-corrected chi connectivity index (χ4v) is 2.08. The van der Waals surface area contributed by atoms with Gasteiger partial charge in [0.25, 0.3) is 0 Å². The molecule has 1 atom stereocenters. The molecule has 130 valence electrons. The van der Waals surface area contributed by atoms with Crippen molar-refractivity contribution in [2.24, 2.45) is 0 Å². The Kier molecular flexibility index (Phi) is 8.43. The summed E-state index contributed by atoms with van der Waals surface area (Å²) in [5.41, 5.74) is 0.973. The summed E-state index contributed by atoms with van der Waals surface area (Å²) in [4.78, 5) is 11.2. The number of hydrogen-bond donors (Lipinski definition) is 2. The quantitative estimate of drug-likeness (QED) is 0.505. The van der Waals surface area contributed by atoms with Crippen LogP contribution in [0.15, 0.2) is 18.2 Å². The molecule has 0 bridgehead atoms. The van der Waals surface area contributed by atoms with Gasteiger partial charge in [-0.1, -0.05) is 6.07 Å². The Morgan fingerprint density at radius 1 is 1.26 bits per heavy atom. The lowest BCUT2D eigenvalue weighted by Gasteiger charge is -2.17. The van der Waals surface area contributed by atoms with Crippen LogP contribution in [-0.4, -0.2) is 44.2 Å². The summed E-state index contributed by atoms with van der Waals surface area (Å²) in [5.74, 6) is 0.987. The number of esters is 1. The van der Waals surface area contributed by atoms with Crippen LogP contribution in [0.1, 0.15) is 32.3 Å². The third kappa shape index (κ3) is 7.34. The summed E-state index contributed by atoms with van der Waals surface area (Å²) in [6.45, 7) is 4.32. The van der Waals surface area contributed by atoms with Gasteiger partial charge in [0.05, 0.1) is 20.8 Å². The molecule has 23 heavy (non-hydrogen) atoms. The zero-order chi connectivity index (χ0) is 17.2. The van der Waals surface area contributed by atoms with Crippen molar-refractivity contribution in [2.45, 2.75) is 45.4 Å². The third-order valence-electron chi connectivity index (χ3n) is 3.25.